The van der Waals surface area contributed by atoms with E-state index in [1.807, 2.05) is 43.4 Å². The van der Waals surface area contributed by atoms with Crippen LogP contribution in [0.2, 0.25) is 0 Å². The number of amides is 1. The van der Waals surface area contributed by atoms with Crippen molar-refractivity contribution in [2.75, 3.05) is 26.0 Å². The molecule has 5 heteroatoms. The summed E-state index contributed by atoms with van der Waals surface area (Å²) in [5, 5.41) is 3.11. The molecule has 0 bridgehead atoms. The topological polar surface area (TPSA) is 58.6 Å². The number of nitrogens with zero attached hydrogens (tertiary/aromatic N) is 1. The average Bonchev–Trinajstić information content (AvgIpc) is 3.12. The molecular formula is C25H28N2O3. The van der Waals surface area contributed by atoms with Gasteiger partial charge < -0.3 is 10.1 Å². The second-order valence-electron chi connectivity index (χ2n) is 8.87. The lowest BCUT2D eigenvalue weighted by Crippen LogP contribution is -2.58. The molecule has 3 aliphatic rings. The predicted octanol–water partition coefficient (Wildman–Crippen LogP) is 4.09. The number of likely N-dealkylation sites (tertiary alicyclic amines) is 1. The molecule has 0 aromatic heterocycles. The zero-order valence-corrected chi connectivity index (χ0v) is 17.6. The fraction of sp³-hybridized carbons (Fsp3) is 0.440. The van der Waals surface area contributed by atoms with E-state index in [0.29, 0.717) is 13.0 Å². The fourth-order valence-corrected chi connectivity index (χ4v) is 6.43. The number of fused-ring (bicyclic) bond motifs is 3. The van der Waals surface area contributed by atoms with Crippen LogP contribution in [-0.4, -0.2) is 37.3 Å². The minimum Gasteiger partial charge on any atom is -0.497 e. The van der Waals surface area contributed by atoms with Crippen LogP contribution in [0, 0.1) is 5.41 Å². The van der Waals surface area contributed by atoms with Crippen LogP contribution in [0.4, 0.5) is 5.69 Å². The van der Waals surface area contributed by atoms with Crippen molar-refractivity contribution >= 4 is 17.4 Å². The van der Waals surface area contributed by atoms with E-state index in [1.165, 1.54) is 0 Å². The zero-order chi connectivity index (χ0) is 20.9. The van der Waals surface area contributed by atoms with Crippen LogP contribution in [-0.2, 0) is 15.1 Å². The third kappa shape index (κ3) is 2.33. The lowest BCUT2D eigenvalue weighted by molar-refractivity contribution is -0.145. The molecule has 2 aromatic rings. The summed E-state index contributed by atoms with van der Waals surface area (Å²) < 4.78 is 5.35. The monoisotopic (exact) mass is 404 g/mol. The number of carbonyl (C=O) groups excluding carboxylic acids is 2. The first-order valence-corrected chi connectivity index (χ1v) is 10.8. The number of hydrogen-bond acceptors (Lipinski definition) is 4. The van der Waals surface area contributed by atoms with Gasteiger partial charge in [0.15, 0.2) is 0 Å². The Bertz CT molecular complexity index is 1000. The molecule has 30 heavy (non-hydrogen) atoms. The van der Waals surface area contributed by atoms with Crippen molar-refractivity contribution in [3.05, 3.63) is 59.7 Å². The van der Waals surface area contributed by atoms with E-state index in [0.717, 1.165) is 48.2 Å². The Morgan fingerprint density at radius 2 is 1.80 bits per heavy atom. The van der Waals surface area contributed by atoms with Crippen molar-refractivity contribution in [3.63, 3.8) is 0 Å². The van der Waals surface area contributed by atoms with Gasteiger partial charge in [0, 0.05) is 30.1 Å². The smallest absolute Gasteiger partial charge is 0.250 e. The van der Waals surface area contributed by atoms with Crippen LogP contribution in [0.5, 0.6) is 5.75 Å². The molecule has 1 saturated heterocycles. The van der Waals surface area contributed by atoms with E-state index in [2.05, 4.69) is 22.3 Å². The van der Waals surface area contributed by atoms with Crippen LogP contribution in [0.1, 0.15) is 49.1 Å². The number of para-hydroxylation sites is 1. The molecule has 2 spiro atoms. The first-order valence-electron chi connectivity index (χ1n) is 10.8. The number of anilines is 1. The Kier molecular flexibility index (Phi) is 4.47. The maximum absolute atomic E-state index is 14.0. The van der Waals surface area contributed by atoms with Crippen molar-refractivity contribution in [1.29, 1.82) is 0 Å². The van der Waals surface area contributed by atoms with Crippen LogP contribution in [0.15, 0.2) is 48.5 Å². The normalized spacial score (nSPS) is 31.1. The van der Waals surface area contributed by atoms with E-state index >= 15 is 0 Å². The molecular weight excluding hydrogens is 376 g/mol. The van der Waals surface area contributed by atoms with Gasteiger partial charge in [-0.2, -0.15) is 0 Å². The lowest BCUT2D eigenvalue weighted by Gasteiger charge is -2.45. The van der Waals surface area contributed by atoms with Gasteiger partial charge in [-0.3, -0.25) is 14.5 Å². The van der Waals surface area contributed by atoms with E-state index in [4.69, 9.17) is 4.74 Å². The van der Waals surface area contributed by atoms with Gasteiger partial charge in [-0.05, 0) is 43.7 Å². The molecule has 2 heterocycles. The number of rotatable bonds is 2. The van der Waals surface area contributed by atoms with E-state index in [-0.39, 0.29) is 17.6 Å². The van der Waals surface area contributed by atoms with Crippen LogP contribution < -0.4 is 10.1 Å². The molecule has 1 saturated carbocycles. The summed E-state index contributed by atoms with van der Waals surface area (Å²) in [6, 6.07) is 15.9. The maximum Gasteiger partial charge on any atom is 0.250 e. The quantitative estimate of drug-likeness (QED) is 0.819. The van der Waals surface area contributed by atoms with Gasteiger partial charge in [0.2, 0.25) is 0 Å². The third-order valence-corrected chi connectivity index (χ3v) is 7.65. The third-order valence-electron chi connectivity index (χ3n) is 7.65. The van der Waals surface area contributed by atoms with E-state index in [9.17, 15) is 9.59 Å². The van der Waals surface area contributed by atoms with E-state index in [1.54, 1.807) is 7.11 Å². The van der Waals surface area contributed by atoms with Crippen LogP contribution in [0.3, 0.4) is 0 Å². The summed E-state index contributed by atoms with van der Waals surface area (Å²) in [6.07, 6.45) is 4.17. The number of hydrogen-bond donors (Lipinski definition) is 1. The Balaban J connectivity index is 1.77. The van der Waals surface area contributed by atoms with Gasteiger partial charge in [-0.1, -0.05) is 43.2 Å². The summed E-state index contributed by atoms with van der Waals surface area (Å²) in [6.45, 7) is 0.666. The Morgan fingerprint density at radius 1 is 1.03 bits per heavy atom. The predicted molar refractivity (Wildman–Crippen MR) is 116 cm³/mol. The SMILES string of the molecule is COc1ccc([C@H]2CN(C)[C@@]3(C(=O)Nc4ccccc43)[C@@]23CCCCCC3=O)cc1. The van der Waals surface area contributed by atoms with Crippen molar-refractivity contribution < 1.29 is 14.3 Å². The highest BCUT2D eigenvalue weighted by Gasteiger charge is 2.72. The van der Waals surface area contributed by atoms with Crippen molar-refractivity contribution in [2.24, 2.45) is 5.41 Å². The van der Waals surface area contributed by atoms with Gasteiger partial charge in [0.05, 0.1) is 12.5 Å². The first kappa shape index (κ1) is 19.3. The van der Waals surface area contributed by atoms with Crippen LogP contribution in [0.25, 0.3) is 0 Å². The Labute approximate surface area is 177 Å². The molecule has 5 rings (SSSR count). The maximum atomic E-state index is 14.0. The minimum atomic E-state index is -0.963. The Hall–Kier alpha value is -2.66. The molecule has 1 aliphatic carbocycles. The van der Waals surface area contributed by atoms with Gasteiger partial charge in [0.1, 0.15) is 17.1 Å². The van der Waals surface area contributed by atoms with Crippen molar-refractivity contribution in [1.82, 2.24) is 4.90 Å². The lowest BCUT2D eigenvalue weighted by atomic mass is 9.57. The number of ether oxygens (including phenoxy) is 1. The fourth-order valence-electron chi connectivity index (χ4n) is 6.43. The number of Topliss-reactive ketones (excluding diaryl/α,β-unsaturated/α-hetero) is 1. The second kappa shape index (κ2) is 6.95. The first-order chi connectivity index (χ1) is 14.6. The summed E-state index contributed by atoms with van der Waals surface area (Å²) in [5.74, 6) is 0.926. The molecule has 3 atom stereocenters. The number of nitrogens with one attached hydrogen (secondary N) is 1. The molecule has 156 valence electrons. The van der Waals surface area contributed by atoms with Crippen molar-refractivity contribution in [2.45, 2.75) is 43.6 Å². The molecule has 5 nitrogen and oxygen atoms in total. The molecule has 1 amide bonds. The molecule has 2 aliphatic heterocycles. The summed E-state index contributed by atoms with van der Waals surface area (Å²) in [4.78, 5) is 29.9. The van der Waals surface area contributed by atoms with Crippen molar-refractivity contribution in [3.8, 4) is 5.75 Å². The van der Waals surface area contributed by atoms with Crippen LogP contribution >= 0.6 is 0 Å². The number of ketones is 1. The zero-order valence-electron chi connectivity index (χ0n) is 17.6. The van der Waals surface area contributed by atoms with E-state index < -0.39 is 11.0 Å². The summed E-state index contributed by atoms with van der Waals surface area (Å²) in [5.41, 5.74) is 1.15. The molecule has 0 unspecified atom stereocenters. The number of carbonyl (C=O) groups is 2. The molecule has 1 N–H and O–H groups in total. The van der Waals surface area contributed by atoms with Gasteiger partial charge in [0.25, 0.3) is 5.91 Å². The molecule has 2 aromatic carbocycles. The number of methoxy groups -OCH3 is 1. The van der Waals surface area contributed by atoms with Gasteiger partial charge >= 0.3 is 0 Å². The average molecular weight is 405 g/mol. The van der Waals surface area contributed by atoms with Gasteiger partial charge in [-0.25, -0.2) is 0 Å². The largest absolute Gasteiger partial charge is 0.497 e. The van der Waals surface area contributed by atoms with Gasteiger partial charge in [-0.15, -0.1) is 0 Å². The number of likely N-dealkylation sites (N-methyl/N-ethyl adjacent to an activating group) is 1. The number of benzene rings is 2. The molecule has 2 fully saturated rings. The summed E-state index contributed by atoms with van der Waals surface area (Å²) >= 11 is 0. The summed E-state index contributed by atoms with van der Waals surface area (Å²) in [7, 11) is 3.66. The highest BCUT2D eigenvalue weighted by Crippen LogP contribution is 2.65. The minimum absolute atomic E-state index is 0.0455. The second-order valence-corrected chi connectivity index (χ2v) is 8.87. The standard InChI is InChI=1S/C25H28N2O3/c1-27-16-20(17-11-13-18(30-2)14-12-17)24(15-7-3-4-10-22(24)28)25(27)19-8-5-6-9-21(19)26-23(25)29/h5-6,8-9,11-14,20H,3-4,7,10,15-16H2,1-2H3,(H,26,29)/t20-,24+,25+/m1/s1. The Morgan fingerprint density at radius 3 is 2.57 bits per heavy atom. The highest BCUT2D eigenvalue weighted by atomic mass is 16.5. The highest BCUT2D eigenvalue weighted by molar-refractivity contribution is 6.11. The molecule has 0 radical (unpaired) electrons.